The van der Waals surface area contributed by atoms with Gasteiger partial charge in [0, 0.05) is 13.2 Å². The van der Waals surface area contributed by atoms with E-state index in [4.69, 9.17) is 18.6 Å². The second-order valence-electron chi connectivity index (χ2n) is 9.29. The van der Waals surface area contributed by atoms with E-state index in [0.29, 0.717) is 54.2 Å². The molecule has 36 heavy (non-hydrogen) atoms. The molecule has 0 radical (unpaired) electrons. The Labute approximate surface area is 211 Å². The summed E-state index contributed by atoms with van der Waals surface area (Å²) in [5.41, 5.74) is 3.30. The van der Waals surface area contributed by atoms with Crippen LogP contribution in [0, 0.1) is 13.8 Å². The van der Waals surface area contributed by atoms with E-state index in [-0.39, 0.29) is 23.2 Å². The summed E-state index contributed by atoms with van der Waals surface area (Å²) in [4.78, 5) is 29.1. The number of ether oxygens (including phenoxy) is 3. The summed E-state index contributed by atoms with van der Waals surface area (Å²) in [6.45, 7) is 12.8. The molecule has 1 unspecified atom stereocenters. The standard InChI is InChI=1S/C29H33NO6/c1-7-12-35-22-10-9-20(16-24(22)33-6)26-25-27(31)21-14-18(4)19(5)15-23(21)36-28(25)29(32)30(26)11-8-13-34-17(2)3/h7,9-10,14-17,26H,1,8,11-13H2,2-6H3. The van der Waals surface area contributed by atoms with Gasteiger partial charge in [0.15, 0.2) is 16.9 Å². The molecule has 7 heteroatoms. The topological polar surface area (TPSA) is 78.2 Å². The monoisotopic (exact) mass is 491 g/mol. The molecule has 1 aliphatic rings. The highest BCUT2D eigenvalue weighted by molar-refractivity contribution is 5.99. The molecule has 7 nitrogen and oxygen atoms in total. The summed E-state index contributed by atoms with van der Waals surface area (Å²) >= 11 is 0. The number of amides is 1. The van der Waals surface area contributed by atoms with Crippen molar-refractivity contribution in [3.05, 3.63) is 81.2 Å². The SMILES string of the molecule is C=CCOc1ccc(C2c3c(oc4cc(C)c(C)cc4c3=O)C(=O)N2CCCOC(C)C)cc1OC. The van der Waals surface area contributed by atoms with E-state index in [2.05, 4.69) is 6.58 Å². The molecule has 0 fully saturated rings. The van der Waals surface area contributed by atoms with E-state index in [0.717, 1.165) is 16.7 Å². The van der Waals surface area contributed by atoms with Gasteiger partial charge >= 0.3 is 0 Å². The fourth-order valence-corrected chi connectivity index (χ4v) is 4.53. The maximum absolute atomic E-state index is 13.8. The van der Waals surface area contributed by atoms with E-state index in [1.165, 1.54) is 0 Å². The van der Waals surface area contributed by atoms with Gasteiger partial charge in [0.25, 0.3) is 5.91 Å². The zero-order valence-corrected chi connectivity index (χ0v) is 21.6. The first-order valence-electron chi connectivity index (χ1n) is 12.2. The lowest BCUT2D eigenvalue weighted by Gasteiger charge is -2.26. The van der Waals surface area contributed by atoms with Crippen LogP contribution in [-0.2, 0) is 4.74 Å². The van der Waals surface area contributed by atoms with Crippen molar-refractivity contribution >= 4 is 16.9 Å². The Morgan fingerprint density at radius 3 is 2.56 bits per heavy atom. The van der Waals surface area contributed by atoms with Gasteiger partial charge in [0.2, 0.25) is 5.76 Å². The molecule has 0 aliphatic carbocycles. The van der Waals surface area contributed by atoms with Crippen molar-refractivity contribution in [3.63, 3.8) is 0 Å². The van der Waals surface area contributed by atoms with Crippen LogP contribution in [0.25, 0.3) is 11.0 Å². The zero-order chi connectivity index (χ0) is 26.0. The van der Waals surface area contributed by atoms with Crippen LogP contribution in [0.15, 0.2) is 52.2 Å². The number of methoxy groups -OCH3 is 1. The highest BCUT2D eigenvalue weighted by atomic mass is 16.5. The van der Waals surface area contributed by atoms with Crippen molar-refractivity contribution in [2.24, 2.45) is 0 Å². The van der Waals surface area contributed by atoms with Gasteiger partial charge in [-0.25, -0.2) is 0 Å². The number of rotatable bonds is 10. The highest BCUT2D eigenvalue weighted by Crippen LogP contribution is 2.41. The van der Waals surface area contributed by atoms with Crippen molar-refractivity contribution in [1.29, 1.82) is 0 Å². The van der Waals surface area contributed by atoms with Crippen LogP contribution >= 0.6 is 0 Å². The van der Waals surface area contributed by atoms with Gasteiger partial charge in [0.1, 0.15) is 12.2 Å². The van der Waals surface area contributed by atoms with Crippen LogP contribution in [0.1, 0.15) is 59.1 Å². The third kappa shape index (κ3) is 4.75. The van der Waals surface area contributed by atoms with Gasteiger partial charge in [-0.3, -0.25) is 9.59 Å². The molecule has 2 heterocycles. The molecule has 0 N–H and O–H groups in total. The zero-order valence-electron chi connectivity index (χ0n) is 21.6. The Kier molecular flexibility index (Phi) is 7.50. The average Bonchev–Trinajstić information content (AvgIpc) is 3.13. The summed E-state index contributed by atoms with van der Waals surface area (Å²) in [5, 5.41) is 0.470. The summed E-state index contributed by atoms with van der Waals surface area (Å²) in [7, 11) is 1.56. The lowest BCUT2D eigenvalue weighted by Crippen LogP contribution is -2.31. The van der Waals surface area contributed by atoms with Crippen LogP contribution in [0.4, 0.5) is 0 Å². The predicted octanol–water partition coefficient (Wildman–Crippen LogP) is 5.34. The smallest absolute Gasteiger partial charge is 0.290 e. The first kappa shape index (κ1) is 25.5. The van der Waals surface area contributed by atoms with Crippen molar-refractivity contribution in [2.45, 2.75) is 46.3 Å². The predicted molar refractivity (Wildman–Crippen MR) is 139 cm³/mol. The molecule has 0 saturated heterocycles. The molecule has 1 aromatic heterocycles. The summed E-state index contributed by atoms with van der Waals surface area (Å²) in [6.07, 6.45) is 2.37. The molecule has 1 atom stereocenters. The molecular formula is C29H33NO6. The fraction of sp³-hybridized carbons (Fsp3) is 0.379. The summed E-state index contributed by atoms with van der Waals surface area (Å²) in [5.74, 6) is 0.855. The number of aryl methyl sites for hydroxylation is 2. The number of hydrogen-bond donors (Lipinski definition) is 0. The minimum Gasteiger partial charge on any atom is -0.493 e. The van der Waals surface area contributed by atoms with Crippen LogP contribution < -0.4 is 14.9 Å². The Morgan fingerprint density at radius 1 is 1.11 bits per heavy atom. The normalized spacial score (nSPS) is 15.0. The lowest BCUT2D eigenvalue weighted by molar-refractivity contribution is 0.0593. The van der Waals surface area contributed by atoms with Gasteiger partial charge < -0.3 is 23.5 Å². The summed E-state index contributed by atoms with van der Waals surface area (Å²) in [6, 6.07) is 8.50. The summed E-state index contributed by atoms with van der Waals surface area (Å²) < 4.78 is 23.1. The molecule has 0 saturated carbocycles. The van der Waals surface area contributed by atoms with Crippen LogP contribution in [0.2, 0.25) is 0 Å². The first-order chi connectivity index (χ1) is 17.3. The van der Waals surface area contributed by atoms with Crippen molar-refractivity contribution in [1.82, 2.24) is 4.90 Å². The average molecular weight is 492 g/mol. The largest absolute Gasteiger partial charge is 0.493 e. The Balaban J connectivity index is 1.84. The molecular weight excluding hydrogens is 458 g/mol. The quantitative estimate of drug-likeness (QED) is 0.281. The molecule has 1 amide bonds. The third-order valence-corrected chi connectivity index (χ3v) is 6.44. The molecule has 2 aromatic carbocycles. The van der Waals surface area contributed by atoms with Crippen molar-refractivity contribution in [2.75, 3.05) is 26.9 Å². The maximum atomic E-state index is 13.8. The fourth-order valence-electron chi connectivity index (χ4n) is 4.53. The minimum atomic E-state index is -0.615. The number of hydrogen-bond acceptors (Lipinski definition) is 6. The Morgan fingerprint density at radius 2 is 1.86 bits per heavy atom. The maximum Gasteiger partial charge on any atom is 0.290 e. The molecule has 4 rings (SSSR count). The van der Waals surface area contributed by atoms with Gasteiger partial charge in [-0.05, 0) is 75.1 Å². The van der Waals surface area contributed by atoms with E-state index in [1.807, 2.05) is 52.0 Å². The number of nitrogens with zero attached hydrogens (tertiary/aromatic N) is 1. The van der Waals surface area contributed by atoms with Crippen molar-refractivity contribution < 1.29 is 23.4 Å². The van der Waals surface area contributed by atoms with Gasteiger partial charge in [-0.15, -0.1) is 0 Å². The third-order valence-electron chi connectivity index (χ3n) is 6.44. The molecule has 3 aromatic rings. The van der Waals surface area contributed by atoms with E-state index < -0.39 is 6.04 Å². The second kappa shape index (κ2) is 10.6. The van der Waals surface area contributed by atoms with Crippen LogP contribution in [0.3, 0.4) is 0 Å². The van der Waals surface area contributed by atoms with Crippen LogP contribution in [-0.4, -0.2) is 43.8 Å². The molecule has 0 spiro atoms. The van der Waals surface area contributed by atoms with Crippen molar-refractivity contribution in [3.8, 4) is 11.5 Å². The van der Waals surface area contributed by atoms with E-state index >= 15 is 0 Å². The second-order valence-corrected chi connectivity index (χ2v) is 9.29. The number of fused-ring (bicyclic) bond motifs is 2. The van der Waals surface area contributed by atoms with Gasteiger partial charge in [-0.1, -0.05) is 18.7 Å². The Hall–Kier alpha value is -3.58. The number of carbonyl (C=O) groups excluding carboxylic acids is 1. The number of carbonyl (C=O) groups is 1. The molecule has 0 bridgehead atoms. The number of benzene rings is 2. The minimum absolute atomic E-state index is 0.0940. The van der Waals surface area contributed by atoms with Gasteiger partial charge in [0.05, 0.1) is 30.2 Å². The first-order valence-corrected chi connectivity index (χ1v) is 12.2. The lowest BCUT2D eigenvalue weighted by atomic mass is 9.97. The molecule has 1 aliphatic heterocycles. The van der Waals surface area contributed by atoms with E-state index in [1.54, 1.807) is 24.2 Å². The Bertz CT molecular complexity index is 1360. The van der Waals surface area contributed by atoms with Crippen LogP contribution in [0.5, 0.6) is 11.5 Å². The van der Waals surface area contributed by atoms with Gasteiger partial charge in [-0.2, -0.15) is 0 Å². The highest BCUT2D eigenvalue weighted by Gasteiger charge is 2.42. The molecule has 190 valence electrons. The van der Waals surface area contributed by atoms with E-state index in [9.17, 15) is 9.59 Å².